The van der Waals surface area contributed by atoms with Gasteiger partial charge < -0.3 is 60.3 Å². The molecule has 0 saturated carbocycles. The number of aryl methyl sites for hydroxylation is 3. The molecule has 2 amide bonds. The van der Waals surface area contributed by atoms with Crippen LogP contribution in [0.2, 0.25) is 25.8 Å². The molecule has 3 aliphatic heterocycles. The number of H-pyrrole nitrogens is 1. The van der Waals surface area contributed by atoms with E-state index in [-0.39, 0.29) is 202 Å². The first kappa shape index (κ1) is 110. The van der Waals surface area contributed by atoms with Crippen molar-refractivity contribution in [1.29, 1.82) is 0 Å². The van der Waals surface area contributed by atoms with Gasteiger partial charge in [-0.3, -0.25) is 24.0 Å². The van der Waals surface area contributed by atoms with Crippen LogP contribution in [0.15, 0.2) is 189 Å². The molecule has 0 aliphatic carbocycles. The smallest absolute Gasteiger partial charge is 1.00 e. The van der Waals surface area contributed by atoms with E-state index >= 15 is 0 Å². The summed E-state index contributed by atoms with van der Waals surface area (Å²) in [7, 11) is 4.30. The summed E-state index contributed by atoms with van der Waals surface area (Å²) in [5.41, 5.74) is 1.15. The van der Waals surface area contributed by atoms with Gasteiger partial charge in [-0.1, -0.05) is 190 Å². The summed E-state index contributed by atoms with van der Waals surface area (Å²) in [6.07, 6.45) is 1.07. The van der Waals surface area contributed by atoms with Crippen LogP contribution in [0.25, 0.3) is 11.3 Å². The quantitative estimate of drug-likeness (QED) is 0.0370. The minimum atomic E-state index is -1.08. The van der Waals surface area contributed by atoms with E-state index in [0.29, 0.717) is 70.2 Å². The third-order valence-corrected chi connectivity index (χ3v) is 18.3. The van der Waals surface area contributed by atoms with Gasteiger partial charge in [0.25, 0.3) is 28.7 Å². The molecule has 5 aromatic heterocycles. The Morgan fingerprint density at radius 1 is 0.569 bits per heavy atom. The molecule has 116 heavy (non-hydrogen) atoms. The summed E-state index contributed by atoms with van der Waals surface area (Å²) in [4.78, 5) is 95.2. The molecule has 29 nitrogen and oxygen atoms in total. The summed E-state index contributed by atoms with van der Waals surface area (Å²) >= 11 is 29.1. The maximum atomic E-state index is 13.3. The third-order valence-electron chi connectivity index (χ3n) is 17.3. The molecule has 0 radical (unpaired) electrons. The van der Waals surface area contributed by atoms with E-state index in [4.69, 9.17) is 96.7 Å². The number of alkyl halides is 1. The fourth-order valence-corrected chi connectivity index (χ4v) is 11.9. The van der Waals surface area contributed by atoms with E-state index in [9.17, 15) is 39.0 Å². The maximum absolute atomic E-state index is 13.3. The normalized spacial score (nSPS) is 16.4. The molecule has 0 bridgehead atoms. The second-order valence-electron chi connectivity index (χ2n) is 27.6. The Morgan fingerprint density at radius 3 is 1.20 bits per heavy atom. The van der Waals surface area contributed by atoms with E-state index in [1.165, 1.54) is 56.5 Å². The van der Waals surface area contributed by atoms with Crippen molar-refractivity contribution in [2.24, 2.45) is 21.1 Å². The maximum Gasteiger partial charge on any atom is 1.00 e. The van der Waals surface area contributed by atoms with Crippen LogP contribution in [-0.4, -0.2) is 142 Å². The number of rotatable bonds is 13. The third kappa shape index (κ3) is 36.5. The number of aliphatic carboxylic acids is 1. The largest absolute Gasteiger partial charge is 1.00 e. The molecule has 12 rings (SSSR count). The van der Waals surface area contributed by atoms with Crippen LogP contribution in [0.4, 0.5) is 9.59 Å². The van der Waals surface area contributed by atoms with Gasteiger partial charge in [0.15, 0.2) is 10.3 Å². The molecular formula is C77H92BCl5IK3N12O17. The SMILES string of the molecule is CC(=O)[O-].CI.C[C@@H](c1ccc(-c2ccc(=O)n(C)n2)cc1)N1CC[C@](CC(C)(C)O)(c2ccccc2)OC1=O.C[C@@H](c1ccc(B2OC(C)(C)C(C)(C)O2)cc1)N1CC[C@](CC(C)(C)O)(c2ccccc2)OC1=O.Clc1ccc(Cl)nn1.Cn1nc(Cl)ccc1=O.Cn1nc(Cl)ccc1=O.O=CO[O-].O=c1ccc(Cl)n[nH]1.[H-].[K+].[K+].[K+]. The van der Waals surface area contributed by atoms with Gasteiger partial charge in [-0.15, -0.1) is 10.2 Å². The van der Waals surface area contributed by atoms with Crippen molar-refractivity contribution in [2.75, 3.05) is 18.0 Å². The van der Waals surface area contributed by atoms with Crippen LogP contribution < -0.4 is 192 Å². The van der Waals surface area contributed by atoms with Gasteiger partial charge in [-0.25, -0.2) is 28.7 Å². The predicted molar refractivity (Wildman–Crippen MR) is 437 cm³/mol. The van der Waals surface area contributed by atoms with Crippen LogP contribution in [0.1, 0.15) is 138 Å². The zero-order valence-electron chi connectivity index (χ0n) is 68.9. The molecule has 0 unspecified atom stereocenters. The summed E-state index contributed by atoms with van der Waals surface area (Å²) in [5, 5.41) is 64.2. The Labute approximate surface area is 841 Å². The van der Waals surface area contributed by atoms with Crippen molar-refractivity contribution < 1.29 is 219 Å². The van der Waals surface area contributed by atoms with Crippen LogP contribution in [0.5, 0.6) is 0 Å². The van der Waals surface area contributed by atoms with E-state index < -0.39 is 52.8 Å². The molecule has 4 aromatic carbocycles. The number of benzene rings is 4. The minimum Gasteiger partial charge on any atom is -1.00 e. The van der Waals surface area contributed by atoms with E-state index in [1.807, 2.05) is 156 Å². The molecule has 3 saturated heterocycles. The number of carbonyl (C=O) groups excluding carboxylic acids is 4. The van der Waals surface area contributed by atoms with E-state index in [0.717, 1.165) is 40.2 Å². The minimum absolute atomic E-state index is 0. The van der Waals surface area contributed by atoms with Crippen LogP contribution in [0, 0.1) is 0 Å². The van der Waals surface area contributed by atoms with E-state index in [2.05, 4.69) is 63.2 Å². The first-order chi connectivity index (χ1) is 52.9. The average molecular weight is 1890 g/mol. The number of carbonyl (C=O) groups is 4. The Kier molecular flexibility index (Phi) is 49.7. The Morgan fingerprint density at radius 2 is 0.905 bits per heavy atom. The van der Waals surface area contributed by atoms with Gasteiger partial charge in [-0.05, 0) is 145 Å². The number of aliphatic hydroxyl groups is 2. The van der Waals surface area contributed by atoms with Crippen LogP contribution in [0.3, 0.4) is 0 Å². The molecule has 9 aromatic rings. The van der Waals surface area contributed by atoms with Crippen LogP contribution >= 0.6 is 80.6 Å². The van der Waals surface area contributed by atoms with E-state index in [1.54, 1.807) is 76.8 Å². The van der Waals surface area contributed by atoms with Crippen molar-refractivity contribution >= 4 is 118 Å². The summed E-state index contributed by atoms with van der Waals surface area (Å²) in [6.45, 7) is 21.0. The van der Waals surface area contributed by atoms with Crippen molar-refractivity contribution in [1.82, 2.24) is 59.5 Å². The monoisotopic (exact) mass is 1890 g/mol. The van der Waals surface area contributed by atoms with Crippen molar-refractivity contribution in [3.05, 3.63) is 259 Å². The molecule has 4 atom stereocenters. The Hall–Kier alpha value is -4.09. The number of cyclic esters (lactones) is 2. The van der Waals surface area contributed by atoms with Crippen molar-refractivity contribution in [3.63, 3.8) is 0 Å². The summed E-state index contributed by atoms with van der Waals surface area (Å²) in [6, 6.07) is 49.7. The number of hydrogen-bond donors (Lipinski definition) is 3. The molecule has 3 N–H and O–H groups in total. The van der Waals surface area contributed by atoms with Crippen molar-refractivity contribution in [3.8, 4) is 11.3 Å². The number of amides is 2. The van der Waals surface area contributed by atoms with Gasteiger partial charge in [0.05, 0.1) is 40.2 Å². The van der Waals surface area contributed by atoms with Gasteiger partial charge in [0, 0.05) is 95.7 Å². The standard InChI is InChI=1S/C28H38BNO5.C27H31N3O4.2C5H5ClN2O.C4H2Cl2N2.C4H3ClN2O.C2H4O2.CH3I.CH2O3.3K.H/c1-20(21-13-15-23(16-14-21)29-34-26(4,5)27(6,7)35-29)30-18-17-28(33-24(30)31,19-25(2,3)32)22-11-9-8-10-12-22;1-19(20-10-12-21(13-11-20)23-14-15-24(31)29(4)28-23)30-17-16-27(34-25(30)32,18-26(2,3)33)22-8-6-5-7-9-22;2*1-8-5(9)3-2-4(6)7-8;5-3-1-2-4(6)8-7-3;5-3-1-2-4(8)7-6-3;1-2(3)4;1-2;2-1-4-3;;;;/h8-16,20,32H,17-19H2,1-7H3;5-15,19,33H,16-18H2,1-4H3;2*2-3H,1H3;1-2H;1-2H,(H,7,8);1H3,(H,3,4);1H3;1,3H;;;;/q;;;;;;;;;3*+1;-1/p-2/t20-,28-;19-,27-;;;;;;;;;;;/m00.........../s1. The molecule has 8 heterocycles. The number of carboxylic acid groups (broad SMARTS) is 1. The summed E-state index contributed by atoms with van der Waals surface area (Å²) in [5.74, 6) is -1.08. The van der Waals surface area contributed by atoms with Crippen LogP contribution in [-0.2, 0) is 65.6 Å². The number of nitrogens with zero attached hydrogens (tertiary/aromatic N) is 11. The number of halogens is 6. The van der Waals surface area contributed by atoms with Crippen molar-refractivity contribution in [2.45, 2.75) is 148 Å². The number of nitrogens with one attached hydrogen (secondary N) is 1. The number of aromatic nitrogens is 10. The number of carboxylic acids is 1. The summed E-state index contributed by atoms with van der Waals surface area (Å²) < 4.78 is 28.2. The van der Waals surface area contributed by atoms with Gasteiger partial charge in [-0.2, -0.15) is 20.4 Å². The molecule has 610 valence electrons. The van der Waals surface area contributed by atoms with Gasteiger partial charge in [0.2, 0.25) is 0 Å². The second kappa shape index (κ2) is 52.4. The topological polar surface area (TPSA) is 384 Å². The zero-order chi connectivity index (χ0) is 84.8. The average Bonchev–Trinajstić information content (AvgIpc) is 1.69. The predicted octanol–water partition coefficient (Wildman–Crippen LogP) is 1.79. The number of ether oxygens (including phenoxy) is 2. The van der Waals surface area contributed by atoms with Gasteiger partial charge >= 0.3 is 173 Å². The fraction of sp³-hybridized carbons (Fsp3) is 0.377. The second-order valence-corrected chi connectivity index (χ2v) is 29.5. The zero-order valence-corrected chi connectivity index (χ0v) is 83.2. The Balaban J connectivity index is 0.00000149. The first-order valence-corrected chi connectivity index (χ1v) is 38.7. The number of hydrogen-bond acceptors (Lipinski definition) is 23. The van der Waals surface area contributed by atoms with Gasteiger partial charge in [0.1, 0.15) is 26.7 Å². The molecule has 39 heteroatoms. The fourth-order valence-electron chi connectivity index (χ4n) is 11.2. The molecule has 0 spiro atoms. The number of aromatic amines is 1. The molecule has 3 aliphatic rings. The first-order valence-electron chi connectivity index (χ1n) is 34.6. The Bertz CT molecular complexity index is 4670. The molecular weight excluding hydrogens is 1800 g/mol. The molecule has 3 fully saturated rings.